The van der Waals surface area contributed by atoms with Gasteiger partial charge in [0.25, 0.3) is 0 Å². The lowest BCUT2D eigenvalue weighted by Crippen LogP contribution is -2.42. The molecule has 1 aromatic heterocycles. The van der Waals surface area contributed by atoms with Crippen LogP contribution in [0.2, 0.25) is 0 Å². The van der Waals surface area contributed by atoms with Crippen molar-refractivity contribution in [2.24, 2.45) is 0 Å². The van der Waals surface area contributed by atoms with Crippen LogP contribution in [0.3, 0.4) is 0 Å². The Balaban J connectivity index is 1.93. The van der Waals surface area contributed by atoms with Gasteiger partial charge < -0.3 is 5.32 Å². The number of rotatable bonds is 2. The van der Waals surface area contributed by atoms with Gasteiger partial charge in [-0.3, -0.25) is 10.00 Å². The van der Waals surface area contributed by atoms with Gasteiger partial charge in [-0.15, -0.1) is 0 Å². The minimum atomic E-state index is 1.03. The van der Waals surface area contributed by atoms with Crippen molar-refractivity contribution in [2.75, 3.05) is 26.2 Å². The number of piperazine rings is 1. The van der Waals surface area contributed by atoms with Crippen molar-refractivity contribution >= 4 is 0 Å². The minimum Gasteiger partial charge on any atom is -0.314 e. The van der Waals surface area contributed by atoms with E-state index < -0.39 is 0 Å². The number of hydrogen-bond acceptors (Lipinski definition) is 3. The smallest absolute Gasteiger partial charge is 0.0535 e. The third-order valence-corrected chi connectivity index (χ3v) is 2.54. The summed E-state index contributed by atoms with van der Waals surface area (Å²) < 4.78 is 0. The molecule has 2 N–H and O–H groups in total. The summed E-state index contributed by atoms with van der Waals surface area (Å²) in [6.45, 7) is 7.61. The van der Waals surface area contributed by atoms with Crippen LogP contribution >= 0.6 is 0 Å². The Morgan fingerprint density at radius 3 is 2.85 bits per heavy atom. The molecule has 0 aliphatic carbocycles. The van der Waals surface area contributed by atoms with E-state index in [0.29, 0.717) is 0 Å². The quantitative estimate of drug-likeness (QED) is 0.679. The van der Waals surface area contributed by atoms with Gasteiger partial charge in [-0.05, 0) is 6.92 Å². The molecule has 4 heteroatoms. The van der Waals surface area contributed by atoms with Gasteiger partial charge in [0.05, 0.1) is 6.20 Å². The molecule has 0 atom stereocenters. The predicted molar refractivity (Wildman–Crippen MR) is 51.5 cm³/mol. The van der Waals surface area contributed by atoms with Crippen molar-refractivity contribution in [3.63, 3.8) is 0 Å². The average Bonchev–Trinajstić information content (AvgIpc) is 2.54. The molecule has 0 radical (unpaired) electrons. The molecule has 1 aliphatic heterocycles. The van der Waals surface area contributed by atoms with E-state index in [1.807, 2.05) is 6.20 Å². The summed E-state index contributed by atoms with van der Waals surface area (Å²) in [6.07, 6.45) is 1.93. The van der Waals surface area contributed by atoms with E-state index in [2.05, 4.69) is 27.3 Å². The molecule has 2 heterocycles. The van der Waals surface area contributed by atoms with E-state index in [9.17, 15) is 0 Å². The molecule has 1 saturated heterocycles. The van der Waals surface area contributed by atoms with E-state index in [0.717, 1.165) is 32.7 Å². The van der Waals surface area contributed by atoms with E-state index in [1.165, 1.54) is 11.3 Å². The number of nitrogens with zero attached hydrogens (tertiary/aromatic N) is 2. The molecular formula is C9H16N4. The normalized spacial score (nSPS) is 19.2. The Bertz CT molecular complexity index is 262. The average molecular weight is 180 g/mol. The van der Waals surface area contributed by atoms with E-state index >= 15 is 0 Å². The van der Waals surface area contributed by atoms with Gasteiger partial charge >= 0.3 is 0 Å². The number of aromatic nitrogens is 2. The first-order valence-corrected chi connectivity index (χ1v) is 4.78. The molecule has 0 unspecified atom stereocenters. The molecule has 2 rings (SSSR count). The SMILES string of the molecule is Cc1[nH]ncc1CN1CCNCC1. The Hall–Kier alpha value is -0.870. The summed E-state index contributed by atoms with van der Waals surface area (Å²) in [5, 5.41) is 10.3. The predicted octanol–water partition coefficient (Wildman–Crippen LogP) is 0.123. The maximum absolute atomic E-state index is 4.02. The van der Waals surface area contributed by atoms with Crippen LogP contribution in [0.5, 0.6) is 0 Å². The van der Waals surface area contributed by atoms with Gasteiger partial charge in [0, 0.05) is 44.0 Å². The van der Waals surface area contributed by atoms with Crippen LogP contribution in [0.15, 0.2) is 6.20 Å². The lowest BCUT2D eigenvalue weighted by atomic mass is 10.2. The van der Waals surface area contributed by atoms with Gasteiger partial charge in [-0.1, -0.05) is 0 Å². The first-order chi connectivity index (χ1) is 6.36. The van der Waals surface area contributed by atoms with Gasteiger partial charge in [0.2, 0.25) is 0 Å². The standard InChI is InChI=1S/C9H16N4/c1-8-9(6-11-12-8)7-13-4-2-10-3-5-13/h6,10H,2-5,7H2,1H3,(H,11,12). The van der Waals surface area contributed by atoms with Crippen LogP contribution in [0.1, 0.15) is 11.3 Å². The zero-order valence-electron chi connectivity index (χ0n) is 8.01. The molecule has 0 saturated carbocycles. The molecule has 0 bridgehead atoms. The Morgan fingerprint density at radius 2 is 2.23 bits per heavy atom. The number of nitrogens with one attached hydrogen (secondary N) is 2. The van der Waals surface area contributed by atoms with Crippen molar-refractivity contribution in [1.29, 1.82) is 0 Å². The lowest BCUT2D eigenvalue weighted by molar-refractivity contribution is 0.233. The third-order valence-electron chi connectivity index (χ3n) is 2.54. The summed E-state index contributed by atoms with van der Waals surface area (Å²) in [4.78, 5) is 2.45. The van der Waals surface area contributed by atoms with Crippen LogP contribution in [0.4, 0.5) is 0 Å². The Labute approximate surface area is 78.3 Å². The molecule has 0 spiro atoms. The zero-order chi connectivity index (χ0) is 9.10. The molecule has 1 aromatic rings. The van der Waals surface area contributed by atoms with Crippen LogP contribution < -0.4 is 5.32 Å². The largest absolute Gasteiger partial charge is 0.314 e. The first-order valence-electron chi connectivity index (χ1n) is 4.78. The number of aryl methyl sites for hydroxylation is 1. The third kappa shape index (κ3) is 2.08. The van der Waals surface area contributed by atoms with Crippen molar-refractivity contribution < 1.29 is 0 Å². The van der Waals surface area contributed by atoms with Gasteiger partial charge in [-0.2, -0.15) is 5.10 Å². The number of hydrogen-bond donors (Lipinski definition) is 2. The van der Waals surface area contributed by atoms with Gasteiger partial charge in [0.15, 0.2) is 0 Å². The Morgan fingerprint density at radius 1 is 1.46 bits per heavy atom. The highest BCUT2D eigenvalue weighted by molar-refractivity contribution is 5.14. The summed E-state index contributed by atoms with van der Waals surface area (Å²) >= 11 is 0. The van der Waals surface area contributed by atoms with E-state index in [4.69, 9.17) is 0 Å². The van der Waals surface area contributed by atoms with Gasteiger partial charge in [-0.25, -0.2) is 0 Å². The van der Waals surface area contributed by atoms with Gasteiger partial charge in [0.1, 0.15) is 0 Å². The van der Waals surface area contributed by atoms with Crippen molar-refractivity contribution in [1.82, 2.24) is 20.4 Å². The lowest BCUT2D eigenvalue weighted by Gasteiger charge is -2.26. The maximum atomic E-state index is 4.02. The molecule has 0 aromatic carbocycles. The van der Waals surface area contributed by atoms with Crippen LogP contribution in [-0.4, -0.2) is 41.3 Å². The summed E-state index contributed by atoms with van der Waals surface area (Å²) in [5.74, 6) is 0. The highest BCUT2D eigenvalue weighted by Gasteiger charge is 2.11. The molecule has 72 valence electrons. The zero-order valence-corrected chi connectivity index (χ0v) is 8.01. The second-order valence-corrected chi connectivity index (χ2v) is 3.55. The number of H-pyrrole nitrogens is 1. The van der Waals surface area contributed by atoms with E-state index in [-0.39, 0.29) is 0 Å². The fourth-order valence-corrected chi connectivity index (χ4v) is 1.65. The summed E-state index contributed by atoms with van der Waals surface area (Å²) in [5.41, 5.74) is 2.51. The fourth-order valence-electron chi connectivity index (χ4n) is 1.65. The fraction of sp³-hybridized carbons (Fsp3) is 0.667. The van der Waals surface area contributed by atoms with Crippen LogP contribution in [-0.2, 0) is 6.54 Å². The Kier molecular flexibility index (Phi) is 2.61. The molecule has 1 aliphatic rings. The van der Waals surface area contributed by atoms with Crippen molar-refractivity contribution in [2.45, 2.75) is 13.5 Å². The van der Waals surface area contributed by atoms with Crippen molar-refractivity contribution in [3.05, 3.63) is 17.5 Å². The summed E-state index contributed by atoms with van der Waals surface area (Å²) in [6, 6.07) is 0. The monoisotopic (exact) mass is 180 g/mol. The highest BCUT2D eigenvalue weighted by atomic mass is 15.2. The van der Waals surface area contributed by atoms with Crippen LogP contribution in [0.25, 0.3) is 0 Å². The molecule has 4 nitrogen and oxygen atoms in total. The molecule has 13 heavy (non-hydrogen) atoms. The summed E-state index contributed by atoms with van der Waals surface area (Å²) in [7, 11) is 0. The topological polar surface area (TPSA) is 44.0 Å². The second-order valence-electron chi connectivity index (χ2n) is 3.55. The molecule has 1 fully saturated rings. The minimum absolute atomic E-state index is 1.03. The highest BCUT2D eigenvalue weighted by Crippen LogP contribution is 2.07. The number of aromatic amines is 1. The second kappa shape index (κ2) is 3.89. The maximum Gasteiger partial charge on any atom is 0.0535 e. The first kappa shape index (κ1) is 8.72. The molecule has 0 amide bonds. The molecular weight excluding hydrogens is 164 g/mol. The van der Waals surface area contributed by atoms with Crippen LogP contribution in [0, 0.1) is 6.92 Å². The van der Waals surface area contributed by atoms with E-state index in [1.54, 1.807) is 0 Å². The van der Waals surface area contributed by atoms with Crippen molar-refractivity contribution in [3.8, 4) is 0 Å².